The van der Waals surface area contributed by atoms with E-state index in [1.807, 2.05) is 12.1 Å². The third kappa shape index (κ3) is 5.14. The summed E-state index contributed by atoms with van der Waals surface area (Å²) in [6.07, 6.45) is 1.61. The lowest BCUT2D eigenvalue weighted by atomic mass is 9.96. The van der Waals surface area contributed by atoms with Gasteiger partial charge in [0.1, 0.15) is 5.75 Å². The van der Waals surface area contributed by atoms with Crippen LogP contribution in [0.5, 0.6) is 5.75 Å². The highest BCUT2D eigenvalue weighted by atomic mass is 19.3. The van der Waals surface area contributed by atoms with Crippen LogP contribution in [0.4, 0.5) is 8.78 Å². The number of piperidine rings is 1. The molecule has 26 heavy (non-hydrogen) atoms. The van der Waals surface area contributed by atoms with E-state index in [1.54, 1.807) is 7.11 Å². The summed E-state index contributed by atoms with van der Waals surface area (Å²) in [6, 6.07) is 7.33. The third-order valence-corrected chi connectivity index (χ3v) is 5.26. The topological polar surface area (TPSA) is 53.6 Å². The predicted octanol–water partition coefficient (Wildman–Crippen LogP) is 2.02. The molecule has 2 aliphatic heterocycles. The molecule has 1 unspecified atom stereocenters. The first kappa shape index (κ1) is 19.0. The number of rotatable bonds is 6. The molecule has 3 rings (SSSR count). The quantitative estimate of drug-likeness (QED) is 0.808. The minimum Gasteiger partial charge on any atom is -0.497 e. The molecule has 2 saturated heterocycles. The van der Waals surface area contributed by atoms with Gasteiger partial charge < -0.3 is 10.1 Å². The maximum atomic E-state index is 13.2. The van der Waals surface area contributed by atoms with Crippen molar-refractivity contribution in [3.05, 3.63) is 29.8 Å². The van der Waals surface area contributed by atoms with Crippen molar-refractivity contribution >= 4 is 5.91 Å². The number of alkyl halides is 2. The van der Waals surface area contributed by atoms with Crippen LogP contribution in [0.3, 0.4) is 0 Å². The highest BCUT2D eigenvalue weighted by Crippen LogP contribution is 2.25. The molecule has 0 saturated carbocycles. The van der Waals surface area contributed by atoms with E-state index in [9.17, 15) is 13.6 Å². The first-order chi connectivity index (χ1) is 12.4. The number of hydrogen-bond donors (Lipinski definition) is 2. The molecule has 0 radical (unpaired) electrons. The minimum absolute atomic E-state index is 0.303. The average Bonchev–Trinajstić information content (AvgIpc) is 3.01. The summed E-state index contributed by atoms with van der Waals surface area (Å²) in [6.45, 7) is 3.02. The van der Waals surface area contributed by atoms with Crippen LogP contribution in [0.25, 0.3) is 0 Å². The van der Waals surface area contributed by atoms with Crippen molar-refractivity contribution in [3.8, 4) is 5.75 Å². The Labute approximate surface area is 153 Å². The summed E-state index contributed by atoms with van der Waals surface area (Å²) in [4.78, 5) is 14.4. The van der Waals surface area contributed by atoms with Crippen LogP contribution in [-0.4, -0.2) is 56.1 Å². The van der Waals surface area contributed by atoms with Crippen molar-refractivity contribution in [1.29, 1.82) is 0 Å². The summed E-state index contributed by atoms with van der Waals surface area (Å²) in [5.74, 6) is -1.80. The second-order valence-corrected chi connectivity index (χ2v) is 7.31. The van der Waals surface area contributed by atoms with E-state index in [4.69, 9.17) is 4.74 Å². The number of hydrogen-bond acceptors (Lipinski definition) is 4. The van der Waals surface area contributed by atoms with Gasteiger partial charge in [0, 0.05) is 19.5 Å². The van der Waals surface area contributed by atoms with E-state index in [0.717, 1.165) is 38.2 Å². The van der Waals surface area contributed by atoms with Gasteiger partial charge in [-0.3, -0.25) is 15.0 Å². The zero-order chi connectivity index (χ0) is 18.6. The van der Waals surface area contributed by atoms with Gasteiger partial charge in [-0.1, -0.05) is 12.1 Å². The van der Waals surface area contributed by atoms with Crippen molar-refractivity contribution < 1.29 is 18.3 Å². The van der Waals surface area contributed by atoms with Crippen molar-refractivity contribution in [2.75, 3.05) is 33.3 Å². The fourth-order valence-corrected chi connectivity index (χ4v) is 3.61. The van der Waals surface area contributed by atoms with Gasteiger partial charge in [-0.2, -0.15) is 0 Å². The first-order valence-corrected chi connectivity index (χ1v) is 9.19. The predicted molar refractivity (Wildman–Crippen MR) is 95.4 cm³/mol. The smallest absolute Gasteiger partial charge is 0.262 e. The van der Waals surface area contributed by atoms with Crippen molar-refractivity contribution in [3.63, 3.8) is 0 Å². The lowest BCUT2D eigenvalue weighted by molar-refractivity contribution is -0.123. The Hall–Kier alpha value is -1.73. The van der Waals surface area contributed by atoms with Crippen molar-refractivity contribution in [1.82, 2.24) is 15.5 Å². The minimum atomic E-state index is -2.77. The molecule has 1 atom stereocenters. The molecule has 7 heteroatoms. The summed E-state index contributed by atoms with van der Waals surface area (Å²) < 4.78 is 31.5. The number of carbonyl (C=O) groups excluding carboxylic acids is 1. The number of ether oxygens (including phenoxy) is 1. The van der Waals surface area contributed by atoms with E-state index in [2.05, 4.69) is 27.7 Å². The SMILES string of the molecule is COc1ccc(CN2CCC(CNC(=O)C3CC(F)(F)CN3)CC2)cc1. The number of methoxy groups -OCH3 is 1. The highest BCUT2D eigenvalue weighted by Gasteiger charge is 2.42. The second kappa shape index (κ2) is 8.31. The fourth-order valence-electron chi connectivity index (χ4n) is 3.61. The van der Waals surface area contributed by atoms with Crippen LogP contribution in [0.2, 0.25) is 0 Å². The average molecular weight is 367 g/mol. The normalized spacial score (nSPS) is 23.7. The van der Waals surface area contributed by atoms with Gasteiger partial charge in [-0.05, 0) is 49.5 Å². The summed E-state index contributed by atoms with van der Waals surface area (Å²) >= 11 is 0. The highest BCUT2D eigenvalue weighted by molar-refractivity contribution is 5.82. The van der Waals surface area contributed by atoms with Crippen LogP contribution in [0.1, 0.15) is 24.8 Å². The van der Waals surface area contributed by atoms with E-state index < -0.39 is 24.9 Å². The number of nitrogens with zero attached hydrogens (tertiary/aromatic N) is 1. The van der Waals surface area contributed by atoms with E-state index in [-0.39, 0.29) is 5.91 Å². The zero-order valence-electron chi connectivity index (χ0n) is 15.1. The molecule has 0 aromatic heterocycles. The zero-order valence-corrected chi connectivity index (χ0v) is 15.1. The van der Waals surface area contributed by atoms with Gasteiger partial charge in [-0.25, -0.2) is 8.78 Å². The molecule has 2 aliphatic rings. The monoisotopic (exact) mass is 367 g/mol. The maximum Gasteiger partial charge on any atom is 0.262 e. The molecule has 144 valence electrons. The standard InChI is InChI=1S/C19H27F2N3O2/c1-26-16-4-2-15(3-5-16)12-24-8-6-14(7-9-24)11-22-18(25)17-10-19(20,21)13-23-17/h2-5,14,17,23H,6-13H2,1H3,(H,22,25). The molecule has 1 amide bonds. The molecular weight excluding hydrogens is 340 g/mol. The number of benzene rings is 1. The molecule has 0 bridgehead atoms. The molecule has 1 aromatic rings. The Morgan fingerprint density at radius 1 is 1.31 bits per heavy atom. The third-order valence-electron chi connectivity index (χ3n) is 5.26. The Morgan fingerprint density at radius 2 is 2.00 bits per heavy atom. The van der Waals surface area contributed by atoms with Crippen LogP contribution >= 0.6 is 0 Å². The van der Waals surface area contributed by atoms with Crippen molar-refractivity contribution in [2.24, 2.45) is 5.92 Å². The Balaban J connectivity index is 1.36. The fraction of sp³-hybridized carbons (Fsp3) is 0.632. The van der Waals surface area contributed by atoms with Gasteiger partial charge in [0.05, 0.1) is 19.7 Å². The van der Waals surface area contributed by atoms with Crippen LogP contribution in [0.15, 0.2) is 24.3 Å². The maximum absolute atomic E-state index is 13.2. The number of likely N-dealkylation sites (tertiary alicyclic amines) is 1. The van der Waals surface area contributed by atoms with Crippen molar-refractivity contribution in [2.45, 2.75) is 37.8 Å². The van der Waals surface area contributed by atoms with Gasteiger partial charge in [0.2, 0.25) is 5.91 Å². The first-order valence-electron chi connectivity index (χ1n) is 9.19. The molecule has 1 aromatic carbocycles. The molecule has 2 N–H and O–H groups in total. The molecule has 2 heterocycles. The Kier molecular flexibility index (Phi) is 6.09. The number of carbonyl (C=O) groups is 1. The van der Waals surface area contributed by atoms with E-state index in [1.165, 1.54) is 5.56 Å². The molecule has 0 spiro atoms. The summed E-state index contributed by atoms with van der Waals surface area (Å²) in [5, 5.41) is 5.44. The van der Waals surface area contributed by atoms with Crippen LogP contribution in [0, 0.1) is 5.92 Å². The number of nitrogens with one attached hydrogen (secondary N) is 2. The van der Waals surface area contributed by atoms with Gasteiger partial charge in [0.15, 0.2) is 0 Å². The summed E-state index contributed by atoms with van der Waals surface area (Å²) in [7, 11) is 1.66. The molecule has 5 nitrogen and oxygen atoms in total. The van der Waals surface area contributed by atoms with Gasteiger partial charge in [-0.15, -0.1) is 0 Å². The number of halogens is 2. The lowest BCUT2D eigenvalue weighted by Crippen LogP contribution is -2.44. The summed E-state index contributed by atoms with van der Waals surface area (Å²) in [5.41, 5.74) is 1.26. The largest absolute Gasteiger partial charge is 0.497 e. The van der Waals surface area contributed by atoms with Gasteiger partial charge in [0.25, 0.3) is 5.92 Å². The molecule has 2 fully saturated rings. The molecule has 0 aliphatic carbocycles. The second-order valence-electron chi connectivity index (χ2n) is 7.31. The van der Waals surface area contributed by atoms with Gasteiger partial charge >= 0.3 is 0 Å². The number of amides is 1. The molecular formula is C19H27F2N3O2. The van der Waals surface area contributed by atoms with Crippen LogP contribution < -0.4 is 15.4 Å². The lowest BCUT2D eigenvalue weighted by Gasteiger charge is -2.32. The Morgan fingerprint density at radius 3 is 2.58 bits per heavy atom. The van der Waals surface area contributed by atoms with Crippen LogP contribution in [-0.2, 0) is 11.3 Å². The Bertz CT molecular complexity index is 601. The van der Waals surface area contributed by atoms with E-state index in [0.29, 0.717) is 12.5 Å². The van der Waals surface area contributed by atoms with E-state index >= 15 is 0 Å².